The number of benzene rings is 2. The number of carbonyl (C=O) groups excluding carboxylic acids is 1. The van der Waals surface area contributed by atoms with E-state index in [2.05, 4.69) is 9.97 Å². The molecule has 0 spiro atoms. The molecule has 1 amide bonds. The molecule has 0 atom stereocenters. The van der Waals surface area contributed by atoms with Crippen LogP contribution in [0.3, 0.4) is 0 Å². The number of anilines is 1. The number of ether oxygens (including phenoxy) is 1. The molecule has 1 N–H and O–H groups in total. The van der Waals surface area contributed by atoms with Crippen molar-refractivity contribution in [3.05, 3.63) is 73.9 Å². The van der Waals surface area contributed by atoms with Crippen molar-refractivity contribution in [3.8, 4) is 0 Å². The summed E-state index contributed by atoms with van der Waals surface area (Å²) in [4.78, 5) is 35.5. The van der Waals surface area contributed by atoms with E-state index < -0.39 is 0 Å². The number of fused-ring (bicyclic) bond motifs is 4. The van der Waals surface area contributed by atoms with Crippen molar-refractivity contribution in [2.24, 2.45) is 0 Å². The van der Waals surface area contributed by atoms with Crippen LogP contribution in [-0.4, -0.2) is 40.0 Å². The summed E-state index contributed by atoms with van der Waals surface area (Å²) in [6.07, 6.45) is 4.02. The van der Waals surface area contributed by atoms with Gasteiger partial charge in [-0.1, -0.05) is 23.2 Å². The summed E-state index contributed by atoms with van der Waals surface area (Å²) in [6, 6.07) is 8.93. The lowest BCUT2D eigenvalue weighted by atomic mass is 9.99. The number of aromatic nitrogens is 3. The molecule has 7 nitrogen and oxygen atoms in total. The third-order valence-corrected chi connectivity index (χ3v) is 7.14. The maximum atomic E-state index is 13.5. The minimum atomic E-state index is -0.254. The average molecular weight is 520 g/mol. The maximum absolute atomic E-state index is 13.5. The molecule has 2 aliphatic heterocycles. The lowest BCUT2D eigenvalue weighted by Crippen LogP contribution is -2.29. The lowest BCUT2D eigenvalue weighted by molar-refractivity contribution is 0.0835. The number of rotatable bonds is 2. The molecule has 0 radical (unpaired) electrons. The van der Waals surface area contributed by atoms with Crippen LogP contribution < -0.4 is 10.5 Å². The van der Waals surface area contributed by atoms with Crippen LogP contribution in [0.4, 0.5) is 5.69 Å². The number of H-pyrrole nitrogens is 1. The molecule has 0 bridgehead atoms. The van der Waals surface area contributed by atoms with Gasteiger partial charge in [-0.25, -0.2) is 4.98 Å². The SMILES string of the molecule is Cl.O=C(c1cc2[nH]c(=O)c3cnc(C4CCOCC4)n3c2cc1Cl)N1CCc2cc(Cl)ccc21. The largest absolute Gasteiger partial charge is 0.381 e. The standard InChI is InChI=1S/C24H20Cl2N4O3.ClH/c25-15-1-2-19-14(9-15)3-6-29(19)24(32)16-10-18-20(11-17(16)26)30-21(23(31)28-18)12-27-22(30)13-4-7-33-8-5-13;/h1-2,9-13H,3-8H2,(H,28,31);1H. The summed E-state index contributed by atoms with van der Waals surface area (Å²) >= 11 is 12.8. The molecule has 34 heavy (non-hydrogen) atoms. The van der Waals surface area contributed by atoms with Crippen molar-refractivity contribution in [3.63, 3.8) is 0 Å². The number of nitrogens with one attached hydrogen (secondary N) is 1. The quantitative estimate of drug-likeness (QED) is 0.404. The summed E-state index contributed by atoms with van der Waals surface area (Å²) in [5.41, 5.74) is 3.68. The van der Waals surface area contributed by atoms with Crippen molar-refractivity contribution in [2.75, 3.05) is 24.7 Å². The fourth-order valence-corrected chi connectivity index (χ4v) is 5.38. The van der Waals surface area contributed by atoms with Gasteiger partial charge in [0.2, 0.25) is 0 Å². The Morgan fingerprint density at radius 2 is 1.91 bits per heavy atom. The number of amides is 1. The zero-order chi connectivity index (χ0) is 22.7. The van der Waals surface area contributed by atoms with Gasteiger partial charge in [-0.15, -0.1) is 12.4 Å². The second kappa shape index (κ2) is 8.89. The highest BCUT2D eigenvalue weighted by Crippen LogP contribution is 2.34. The van der Waals surface area contributed by atoms with Crippen molar-refractivity contribution in [1.82, 2.24) is 14.4 Å². The van der Waals surface area contributed by atoms with Gasteiger partial charge in [0.1, 0.15) is 11.3 Å². The van der Waals surface area contributed by atoms with Crippen LogP contribution in [-0.2, 0) is 11.2 Å². The average Bonchev–Trinajstić information content (AvgIpc) is 3.44. The summed E-state index contributed by atoms with van der Waals surface area (Å²) < 4.78 is 7.36. The second-order valence-electron chi connectivity index (χ2n) is 8.51. The molecule has 0 aliphatic carbocycles. The van der Waals surface area contributed by atoms with Crippen LogP contribution in [0.2, 0.25) is 10.0 Å². The third-order valence-electron chi connectivity index (χ3n) is 6.60. The zero-order valence-corrected chi connectivity index (χ0v) is 20.3. The fraction of sp³-hybridized carbons (Fsp3) is 0.292. The Morgan fingerprint density at radius 1 is 1.12 bits per heavy atom. The van der Waals surface area contributed by atoms with Crippen LogP contribution in [0.15, 0.2) is 41.3 Å². The van der Waals surface area contributed by atoms with E-state index in [1.807, 2.05) is 16.5 Å². The number of imidazole rings is 1. The molecule has 2 aromatic heterocycles. The molecule has 10 heteroatoms. The topological polar surface area (TPSA) is 79.7 Å². The molecule has 0 unspecified atom stereocenters. The van der Waals surface area contributed by atoms with Crippen molar-refractivity contribution >= 4 is 63.8 Å². The minimum absolute atomic E-state index is 0. The molecular formula is C24H21Cl3N4O3. The number of aromatic amines is 1. The molecule has 0 saturated carbocycles. The molecule has 2 aliphatic rings. The highest BCUT2D eigenvalue weighted by atomic mass is 35.5. The molecular weight excluding hydrogens is 499 g/mol. The maximum Gasteiger partial charge on any atom is 0.274 e. The van der Waals surface area contributed by atoms with Gasteiger partial charge < -0.3 is 14.6 Å². The van der Waals surface area contributed by atoms with Crippen LogP contribution in [0, 0.1) is 0 Å². The van der Waals surface area contributed by atoms with Gasteiger partial charge in [0.15, 0.2) is 0 Å². The Kier molecular flexibility index (Phi) is 6.06. The predicted octanol–water partition coefficient (Wildman–Crippen LogP) is 5.00. The van der Waals surface area contributed by atoms with Gasteiger partial charge in [-0.05, 0) is 55.2 Å². The van der Waals surface area contributed by atoms with Crippen molar-refractivity contribution in [1.29, 1.82) is 0 Å². The Labute approximate surface area is 211 Å². The first kappa shape index (κ1) is 23.2. The van der Waals surface area contributed by atoms with E-state index in [1.54, 1.807) is 29.3 Å². The Hall–Kier alpha value is -2.58. The van der Waals surface area contributed by atoms with Crippen LogP contribution in [0.5, 0.6) is 0 Å². The number of hydrogen-bond acceptors (Lipinski definition) is 4. The summed E-state index contributed by atoms with van der Waals surface area (Å²) in [6.45, 7) is 1.89. The number of hydrogen-bond donors (Lipinski definition) is 1. The van der Waals surface area contributed by atoms with Crippen molar-refractivity contribution in [2.45, 2.75) is 25.2 Å². The Bertz CT molecular complexity index is 1490. The van der Waals surface area contributed by atoms with Gasteiger partial charge in [-0.2, -0.15) is 0 Å². The first-order chi connectivity index (χ1) is 16.0. The van der Waals surface area contributed by atoms with Crippen molar-refractivity contribution < 1.29 is 9.53 Å². The van der Waals surface area contributed by atoms with E-state index in [9.17, 15) is 9.59 Å². The van der Waals surface area contributed by atoms with E-state index >= 15 is 0 Å². The minimum Gasteiger partial charge on any atom is -0.381 e. The van der Waals surface area contributed by atoms with Gasteiger partial charge >= 0.3 is 0 Å². The zero-order valence-electron chi connectivity index (χ0n) is 18.0. The van der Waals surface area contributed by atoms with Gasteiger partial charge in [0, 0.05) is 36.4 Å². The number of halogens is 3. The van der Waals surface area contributed by atoms with E-state index in [0.717, 1.165) is 41.9 Å². The summed E-state index contributed by atoms with van der Waals surface area (Å²) in [7, 11) is 0. The molecule has 176 valence electrons. The highest BCUT2D eigenvalue weighted by Gasteiger charge is 2.28. The van der Waals surface area contributed by atoms with E-state index in [4.69, 9.17) is 27.9 Å². The van der Waals surface area contributed by atoms with Crippen LogP contribution in [0.25, 0.3) is 16.6 Å². The van der Waals surface area contributed by atoms with E-state index in [0.29, 0.717) is 46.4 Å². The number of nitrogens with zero attached hydrogens (tertiary/aromatic N) is 3. The van der Waals surface area contributed by atoms with E-state index in [1.165, 1.54) is 0 Å². The summed E-state index contributed by atoms with van der Waals surface area (Å²) in [5, 5.41) is 0.976. The van der Waals surface area contributed by atoms with Gasteiger partial charge in [-0.3, -0.25) is 14.0 Å². The monoisotopic (exact) mass is 518 g/mol. The fourth-order valence-electron chi connectivity index (χ4n) is 4.95. The Morgan fingerprint density at radius 3 is 2.71 bits per heavy atom. The molecule has 1 saturated heterocycles. The highest BCUT2D eigenvalue weighted by molar-refractivity contribution is 6.35. The summed E-state index contributed by atoms with van der Waals surface area (Å²) in [5.74, 6) is 0.809. The van der Waals surface area contributed by atoms with E-state index in [-0.39, 0.29) is 29.8 Å². The molecule has 4 heterocycles. The molecule has 6 rings (SSSR count). The Balaban J connectivity index is 0.00000241. The molecule has 1 fully saturated rings. The third kappa shape index (κ3) is 3.67. The second-order valence-corrected chi connectivity index (χ2v) is 9.35. The normalized spacial score (nSPS) is 16.1. The molecule has 4 aromatic rings. The smallest absolute Gasteiger partial charge is 0.274 e. The molecule has 2 aromatic carbocycles. The van der Waals surface area contributed by atoms with Crippen LogP contribution >= 0.6 is 35.6 Å². The first-order valence-electron chi connectivity index (χ1n) is 10.9. The predicted molar refractivity (Wildman–Crippen MR) is 135 cm³/mol. The van der Waals surface area contributed by atoms with Gasteiger partial charge in [0.05, 0.1) is 27.8 Å². The van der Waals surface area contributed by atoms with Gasteiger partial charge in [0.25, 0.3) is 11.5 Å². The lowest BCUT2D eigenvalue weighted by Gasteiger charge is -2.22. The number of carbonyl (C=O) groups is 1. The van der Waals surface area contributed by atoms with Crippen LogP contribution in [0.1, 0.15) is 40.5 Å². The first-order valence-corrected chi connectivity index (χ1v) is 11.7.